The molecule has 4 aliphatic heterocycles. The van der Waals surface area contributed by atoms with Gasteiger partial charge in [-0.25, -0.2) is 8.42 Å². The molecule has 1 atom stereocenters. The number of carbonyl (C=O) groups excluding carboxylic acids is 1. The molecule has 212 valence electrons. The van der Waals surface area contributed by atoms with Crippen molar-refractivity contribution >= 4 is 21.6 Å². The Kier molecular flexibility index (Phi) is 6.49. The van der Waals surface area contributed by atoms with Gasteiger partial charge in [-0.2, -0.15) is 4.31 Å². The van der Waals surface area contributed by atoms with Crippen molar-refractivity contribution in [2.75, 3.05) is 70.5 Å². The van der Waals surface area contributed by atoms with E-state index in [1.54, 1.807) is 23.1 Å². The maximum Gasteiger partial charge on any atom is 0.256 e. The van der Waals surface area contributed by atoms with Crippen LogP contribution in [0.2, 0.25) is 0 Å². The fourth-order valence-corrected chi connectivity index (χ4v) is 7.64. The second kappa shape index (κ2) is 10.1. The third-order valence-corrected chi connectivity index (χ3v) is 10.4. The number of carbonyl (C=O) groups is 1. The van der Waals surface area contributed by atoms with Crippen LogP contribution < -0.4 is 14.4 Å². The molecule has 2 aromatic carbocycles. The monoisotopic (exact) mass is 566 g/mol. The molecule has 10 nitrogen and oxygen atoms in total. The number of rotatable bonds is 6. The lowest BCUT2D eigenvalue weighted by molar-refractivity contribution is -0.139. The van der Waals surface area contributed by atoms with E-state index in [2.05, 4.69) is 9.80 Å². The first-order valence-electron chi connectivity index (χ1n) is 14.0. The molecule has 40 heavy (non-hydrogen) atoms. The lowest BCUT2D eigenvalue weighted by Crippen LogP contribution is -2.47. The summed E-state index contributed by atoms with van der Waals surface area (Å²) in [5.74, 6) is 0.621. The molecule has 1 unspecified atom stereocenters. The standard InChI is InChI=1S/C29H34N4O6S/c34-28(20-2-1-3-24(14-20)31-10-8-30(9-11-31)23-4-5-23)29(35)32-16-21-18-33(19-22(21)17-32)40(36,37)25-6-7-26-27(15-25)39-13-12-38-26/h1-3,6-7,14-15,23,28,34H,4-5,8-13,16-19H2. The number of sulfonamides is 1. The van der Waals surface area contributed by atoms with Gasteiger partial charge in [0.25, 0.3) is 5.91 Å². The van der Waals surface area contributed by atoms with Gasteiger partial charge in [-0.1, -0.05) is 12.1 Å². The number of benzene rings is 2. The zero-order valence-corrected chi connectivity index (χ0v) is 23.2. The molecule has 1 aliphatic carbocycles. The van der Waals surface area contributed by atoms with Crippen LogP contribution in [0.15, 0.2) is 58.5 Å². The quantitative estimate of drug-likeness (QED) is 0.527. The zero-order chi connectivity index (χ0) is 27.4. The van der Waals surface area contributed by atoms with E-state index in [1.807, 2.05) is 18.2 Å². The highest BCUT2D eigenvalue weighted by Gasteiger charge is 2.39. The fraction of sp³-hybridized carbons (Fsp3) is 0.483. The minimum atomic E-state index is -3.74. The van der Waals surface area contributed by atoms with Crippen LogP contribution in [0.5, 0.6) is 11.5 Å². The number of hydrogen-bond acceptors (Lipinski definition) is 8. The first kappa shape index (κ1) is 25.8. The molecule has 2 aromatic rings. The molecule has 11 heteroatoms. The molecule has 7 rings (SSSR count). The van der Waals surface area contributed by atoms with Gasteiger partial charge in [0.05, 0.1) is 4.90 Å². The average molecular weight is 567 g/mol. The van der Waals surface area contributed by atoms with Crippen LogP contribution in [0, 0.1) is 0 Å². The first-order valence-corrected chi connectivity index (χ1v) is 15.5. The van der Waals surface area contributed by atoms with Crippen molar-refractivity contribution in [1.82, 2.24) is 14.1 Å². The Morgan fingerprint density at radius 1 is 0.875 bits per heavy atom. The second-order valence-electron chi connectivity index (χ2n) is 11.2. The molecular formula is C29H34N4O6S. The van der Waals surface area contributed by atoms with Gasteiger partial charge in [0.2, 0.25) is 10.0 Å². The lowest BCUT2D eigenvalue weighted by Gasteiger charge is -2.36. The summed E-state index contributed by atoms with van der Waals surface area (Å²) >= 11 is 0. The molecule has 0 spiro atoms. The summed E-state index contributed by atoms with van der Waals surface area (Å²) in [5.41, 5.74) is 3.46. The van der Waals surface area contributed by atoms with Crippen molar-refractivity contribution in [1.29, 1.82) is 0 Å². The van der Waals surface area contributed by atoms with E-state index >= 15 is 0 Å². The Balaban J connectivity index is 0.973. The van der Waals surface area contributed by atoms with E-state index in [0.29, 0.717) is 43.4 Å². The van der Waals surface area contributed by atoms with Gasteiger partial charge in [-0.15, -0.1) is 0 Å². The minimum Gasteiger partial charge on any atom is -0.486 e. The maximum absolute atomic E-state index is 13.4. The summed E-state index contributed by atoms with van der Waals surface area (Å²) in [7, 11) is -3.74. The van der Waals surface area contributed by atoms with Crippen LogP contribution in [0.1, 0.15) is 24.5 Å². The number of hydrogen-bond donors (Lipinski definition) is 1. The molecule has 1 N–H and O–H groups in total. The number of amides is 1. The Labute approximate surface area is 234 Å². The number of piperazine rings is 1. The molecule has 2 fully saturated rings. The van der Waals surface area contributed by atoms with Crippen molar-refractivity contribution in [3.8, 4) is 11.5 Å². The van der Waals surface area contributed by atoms with Gasteiger partial charge < -0.3 is 24.4 Å². The molecular weight excluding hydrogens is 532 g/mol. The SMILES string of the molecule is O=C(C(O)c1cccc(N2CCN(C3CC3)CC2)c1)N1CC2=C(C1)CN(S(=O)(=O)c1ccc3c(c1)OCCO3)C2. The Morgan fingerprint density at radius 2 is 1.57 bits per heavy atom. The van der Waals surface area contributed by atoms with E-state index < -0.39 is 16.1 Å². The van der Waals surface area contributed by atoms with E-state index in [9.17, 15) is 18.3 Å². The summed E-state index contributed by atoms with van der Waals surface area (Å²) < 4.78 is 39.2. The van der Waals surface area contributed by atoms with E-state index in [0.717, 1.165) is 49.1 Å². The maximum atomic E-state index is 13.4. The smallest absolute Gasteiger partial charge is 0.256 e. The third kappa shape index (κ3) is 4.74. The van der Waals surface area contributed by atoms with E-state index in [1.165, 1.54) is 23.2 Å². The molecule has 1 saturated carbocycles. The summed E-state index contributed by atoms with van der Waals surface area (Å²) in [6, 6.07) is 13.1. The number of aliphatic hydroxyl groups is 1. The number of aliphatic hydroxyl groups excluding tert-OH is 1. The highest BCUT2D eigenvalue weighted by atomic mass is 32.2. The van der Waals surface area contributed by atoms with Gasteiger partial charge >= 0.3 is 0 Å². The second-order valence-corrected chi connectivity index (χ2v) is 13.2. The minimum absolute atomic E-state index is 0.162. The number of fused-ring (bicyclic) bond motifs is 1. The average Bonchev–Trinajstić information content (AvgIpc) is 3.64. The van der Waals surface area contributed by atoms with Gasteiger partial charge in [-0.05, 0) is 53.8 Å². The number of nitrogens with zero attached hydrogens (tertiary/aromatic N) is 4. The van der Waals surface area contributed by atoms with Gasteiger partial charge in [0, 0.05) is 70.2 Å². The van der Waals surface area contributed by atoms with Gasteiger partial charge in [-0.3, -0.25) is 9.69 Å². The van der Waals surface area contributed by atoms with Crippen LogP contribution in [-0.2, 0) is 14.8 Å². The summed E-state index contributed by atoms with van der Waals surface area (Å²) in [6.07, 6.45) is 1.36. The van der Waals surface area contributed by atoms with Crippen LogP contribution in [-0.4, -0.2) is 105 Å². The van der Waals surface area contributed by atoms with Gasteiger partial charge in [0.15, 0.2) is 17.6 Å². The first-order chi connectivity index (χ1) is 19.4. The topological polar surface area (TPSA) is 103 Å². The molecule has 4 heterocycles. The number of anilines is 1. The molecule has 1 saturated heterocycles. The lowest BCUT2D eigenvalue weighted by atomic mass is 10.1. The van der Waals surface area contributed by atoms with Crippen LogP contribution in [0.4, 0.5) is 5.69 Å². The highest BCUT2D eigenvalue weighted by Crippen LogP contribution is 2.36. The normalized spacial score (nSPS) is 22.5. The van der Waals surface area contributed by atoms with E-state index in [4.69, 9.17) is 9.47 Å². The predicted octanol–water partition coefficient (Wildman–Crippen LogP) is 1.62. The Morgan fingerprint density at radius 3 is 2.27 bits per heavy atom. The zero-order valence-electron chi connectivity index (χ0n) is 22.4. The highest BCUT2D eigenvalue weighted by molar-refractivity contribution is 7.89. The Hall–Kier alpha value is -3.12. The molecule has 0 bridgehead atoms. The van der Waals surface area contributed by atoms with Crippen LogP contribution in [0.3, 0.4) is 0 Å². The van der Waals surface area contributed by atoms with E-state index in [-0.39, 0.29) is 23.9 Å². The summed E-state index contributed by atoms with van der Waals surface area (Å²) in [4.78, 5) is 20.0. The fourth-order valence-electron chi connectivity index (χ4n) is 6.20. The largest absolute Gasteiger partial charge is 0.486 e. The molecule has 0 aromatic heterocycles. The molecule has 5 aliphatic rings. The van der Waals surface area contributed by atoms with Crippen molar-refractivity contribution in [3.05, 3.63) is 59.2 Å². The van der Waals surface area contributed by atoms with Gasteiger partial charge in [0.1, 0.15) is 13.2 Å². The van der Waals surface area contributed by atoms with Crippen LogP contribution >= 0.6 is 0 Å². The predicted molar refractivity (Wildman–Crippen MR) is 148 cm³/mol. The number of ether oxygens (including phenoxy) is 2. The van der Waals surface area contributed by atoms with Crippen molar-refractivity contribution in [3.63, 3.8) is 0 Å². The Bertz CT molecular complexity index is 1450. The third-order valence-electron chi connectivity index (χ3n) is 8.62. The molecule has 0 radical (unpaired) electrons. The van der Waals surface area contributed by atoms with Crippen molar-refractivity contribution in [2.24, 2.45) is 0 Å². The van der Waals surface area contributed by atoms with Crippen LogP contribution in [0.25, 0.3) is 0 Å². The van der Waals surface area contributed by atoms with Crippen molar-refractivity contribution < 1.29 is 27.8 Å². The summed E-state index contributed by atoms with van der Waals surface area (Å²) in [5, 5.41) is 11.0. The summed E-state index contributed by atoms with van der Waals surface area (Å²) in [6.45, 7) is 5.90. The van der Waals surface area contributed by atoms with Crippen molar-refractivity contribution in [2.45, 2.75) is 29.9 Å². The molecule has 1 amide bonds.